The van der Waals surface area contributed by atoms with E-state index >= 15 is 0 Å². The Bertz CT molecular complexity index is 1130. The van der Waals surface area contributed by atoms with Crippen molar-refractivity contribution in [2.24, 2.45) is 11.3 Å². The number of hydrogen-bond donors (Lipinski definition) is 2. The Morgan fingerprint density at radius 3 is 2.50 bits per heavy atom. The molecule has 2 unspecified atom stereocenters. The van der Waals surface area contributed by atoms with Gasteiger partial charge in [-0.15, -0.1) is 0 Å². The van der Waals surface area contributed by atoms with Crippen LogP contribution in [0.25, 0.3) is 10.9 Å². The lowest BCUT2D eigenvalue weighted by Crippen LogP contribution is -2.45. The quantitative estimate of drug-likeness (QED) is 0.391. The van der Waals surface area contributed by atoms with Crippen LogP contribution in [0, 0.1) is 24.1 Å². The zero-order chi connectivity index (χ0) is 23.1. The number of fused-ring (bicyclic) bond motifs is 1. The summed E-state index contributed by atoms with van der Waals surface area (Å²) in [5, 5.41) is 13.7. The second-order valence-corrected chi connectivity index (χ2v) is 9.03. The number of alkyl halides is 3. The Morgan fingerprint density at radius 2 is 1.88 bits per heavy atom. The van der Waals surface area contributed by atoms with Crippen LogP contribution in [-0.2, 0) is 0 Å². The van der Waals surface area contributed by atoms with Crippen LogP contribution in [0.1, 0.15) is 49.9 Å². The molecule has 2 aromatic carbocycles. The third-order valence-corrected chi connectivity index (χ3v) is 6.70. The molecule has 1 heterocycles. The van der Waals surface area contributed by atoms with Gasteiger partial charge >= 0.3 is 6.18 Å². The largest absolute Gasteiger partial charge is 0.505 e. The minimum absolute atomic E-state index is 0.0168. The van der Waals surface area contributed by atoms with Gasteiger partial charge in [-0.05, 0) is 68.1 Å². The normalized spacial score (nSPS) is 17.6. The topological polar surface area (TPSA) is 45.1 Å². The second-order valence-electron chi connectivity index (χ2n) is 9.03. The Morgan fingerprint density at radius 1 is 1.12 bits per heavy atom. The number of nitrogens with zero attached hydrogens (tertiary/aromatic N) is 1. The minimum atomic E-state index is -4.52. The fourth-order valence-electron chi connectivity index (χ4n) is 4.55. The molecule has 3 nitrogen and oxygen atoms in total. The number of aromatic nitrogens is 1. The van der Waals surface area contributed by atoms with Crippen molar-refractivity contribution in [1.82, 2.24) is 4.98 Å². The number of nitrogens with one attached hydrogen (secondary N) is 1. The van der Waals surface area contributed by atoms with Crippen LogP contribution in [0.15, 0.2) is 48.5 Å². The van der Waals surface area contributed by atoms with Crippen molar-refractivity contribution in [3.05, 3.63) is 65.6 Å². The van der Waals surface area contributed by atoms with Crippen LogP contribution in [0.3, 0.4) is 0 Å². The summed E-state index contributed by atoms with van der Waals surface area (Å²) in [4.78, 5) is 4.47. The highest BCUT2D eigenvalue weighted by Gasteiger charge is 2.57. The summed E-state index contributed by atoms with van der Waals surface area (Å²) in [7, 11) is 0. The molecule has 0 spiro atoms. The van der Waals surface area contributed by atoms with E-state index in [9.17, 15) is 22.7 Å². The summed E-state index contributed by atoms with van der Waals surface area (Å²) in [6.07, 6.45) is -2.10. The summed E-state index contributed by atoms with van der Waals surface area (Å²) in [6.45, 7) is 3.07. The molecule has 1 aliphatic rings. The number of halogens is 4. The number of phenols is 1. The van der Waals surface area contributed by atoms with Gasteiger partial charge in [0, 0.05) is 16.8 Å². The van der Waals surface area contributed by atoms with Crippen LogP contribution >= 0.6 is 0 Å². The lowest BCUT2D eigenvalue weighted by atomic mass is 9.67. The van der Waals surface area contributed by atoms with E-state index in [0.717, 1.165) is 37.1 Å². The van der Waals surface area contributed by atoms with Crippen molar-refractivity contribution in [3.8, 4) is 5.75 Å². The molecule has 4 rings (SSSR count). The third kappa shape index (κ3) is 4.12. The van der Waals surface area contributed by atoms with Crippen LogP contribution in [0.2, 0.25) is 0 Å². The van der Waals surface area contributed by atoms with Gasteiger partial charge in [-0.3, -0.25) is 4.98 Å². The van der Waals surface area contributed by atoms with Gasteiger partial charge in [0.05, 0.1) is 17.0 Å². The highest BCUT2D eigenvalue weighted by Crippen LogP contribution is 2.55. The third-order valence-electron chi connectivity index (χ3n) is 6.70. The number of anilines is 1. The summed E-state index contributed by atoms with van der Waals surface area (Å²) >= 11 is 0. The predicted molar refractivity (Wildman–Crippen MR) is 117 cm³/mol. The molecular formula is C25H26F4N2O. The van der Waals surface area contributed by atoms with Crippen LogP contribution in [-0.4, -0.2) is 16.3 Å². The Labute approximate surface area is 184 Å². The average Bonchev–Trinajstić information content (AvgIpc) is 2.70. The minimum Gasteiger partial charge on any atom is -0.505 e. The van der Waals surface area contributed by atoms with Gasteiger partial charge < -0.3 is 10.4 Å². The molecule has 1 aromatic heterocycles. The number of aromatic hydroxyl groups is 1. The van der Waals surface area contributed by atoms with Gasteiger partial charge in [0.25, 0.3) is 0 Å². The van der Waals surface area contributed by atoms with Gasteiger partial charge in [0.15, 0.2) is 11.6 Å². The van der Waals surface area contributed by atoms with E-state index in [2.05, 4.69) is 10.3 Å². The molecular weight excluding hydrogens is 420 g/mol. The van der Waals surface area contributed by atoms with Gasteiger partial charge in [-0.2, -0.15) is 13.2 Å². The predicted octanol–water partition coefficient (Wildman–Crippen LogP) is 7.30. The van der Waals surface area contributed by atoms with Crippen LogP contribution in [0.4, 0.5) is 23.2 Å². The first kappa shape index (κ1) is 22.4. The van der Waals surface area contributed by atoms with Gasteiger partial charge in [0.1, 0.15) is 0 Å². The van der Waals surface area contributed by atoms with Crippen LogP contribution in [0.5, 0.6) is 5.75 Å². The number of pyridine rings is 1. The van der Waals surface area contributed by atoms with Crippen molar-refractivity contribution in [1.29, 1.82) is 0 Å². The standard InChI is InChI=1S/C25H26F4N2O/c1-15-9-11-18-20(30-15)7-4-8-21(18)31-23(17-10-12-19(26)22(32)13-17)24(2,25(27,28)29)14-16-5-3-6-16/h4,7-13,16,23,31-32H,3,5-6,14H2,1-2H3. The Balaban J connectivity index is 1.85. The fourth-order valence-corrected chi connectivity index (χ4v) is 4.55. The number of phenolic OH excluding ortho intramolecular Hbond substituents is 1. The molecule has 3 aromatic rings. The maximum absolute atomic E-state index is 14.6. The molecule has 170 valence electrons. The molecule has 7 heteroatoms. The molecule has 1 fully saturated rings. The monoisotopic (exact) mass is 446 g/mol. The van der Waals surface area contributed by atoms with E-state index < -0.39 is 29.2 Å². The molecule has 0 aliphatic heterocycles. The lowest BCUT2D eigenvalue weighted by Gasteiger charge is -2.44. The molecule has 2 atom stereocenters. The van der Waals surface area contributed by atoms with Crippen molar-refractivity contribution < 1.29 is 22.7 Å². The van der Waals surface area contributed by atoms with E-state index in [0.29, 0.717) is 16.6 Å². The van der Waals surface area contributed by atoms with E-state index in [1.54, 1.807) is 12.1 Å². The highest BCUT2D eigenvalue weighted by molar-refractivity contribution is 5.91. The molecule has 0 bridgehead atoms. The first-order valence-electron chi connectivity index (χ1n) is 10.8. The lowest BCUT2D eigenvalue weighted by molar-refractivity contribution is -0.232. The number of hydrogen-bond acceptors (Lipinski definition) is 3. The molecule has 32 heavy (non-hydrogen) atoms. The Hall–Kier alpha value is -2.83. The molecule has 0 amide bonds. The van der Waals surface area contributed by atoms with E-state index in [4.69, 9.17) is 0 Å². The number of aryl methyl sites for hydroxylation is 1. The maximum Gasteiger partial charge on any atom is 0.396 e. The van der Waals surface area contributed by atoms with E-state index in [1.807, 2.05) is 25.1 Å². The Kier molecular flexibility index (Phi) is 5.77. The molecule has 1 saturated carbocycles. The summed E-state index contributed by atoms with van der Waals surface area (Å²) in [5.74, 6) is -1.56. The average molecular weight is 446 g/mol. The summed E-state index contributed by atoms with van der Waals surface area (Å²) < 4.78 is 57.6. The highest BCUT2D eigenvalue weighted by atomic mass is 19.4. The van der Waals surface area contributed by atoms with Gasteiger partial charge in [-0.1, -0.05) is 31.4 Å². The maximum atomic E-state index is 14.6. The zero-order valence-electron chi connectivity index (χ0n) is 18.0. The second kappa shape index (κ2) is 8.26. The molecule has 1 aliphatic carbocycles. The van der Waals surface area contributed by atoms with E-state index in [-0.39, 0.29) is 17.9 Å². The van der Waals surface area contributed by atoms with Crippen molar-refractivity contribution in [3.63, 3.8) is 0 Å². The SMILES string of the molecule is Cc1ccc2c(NC(c3ccc(F)c(O)c3)C(C)(CC3CCC3)C(F)(F)F)cccc2n1. The molecule has 2 N–H and O–H groups in total. The number of rotatable bonds is 6. The fraction of sp³-hybridized carbons (Fsp3) is 0.400. The van der Waals surface area contributed by atoms with Crippen molar-refractivity contribution in [2.45, 2.75) is 51.7 Å². The summed E-state index contributed by atoms with van der Waals surface area (Å²) in [5.41, 5.74) is 0.0269. The zero-order valence-corrected chi connectivity index (χ0v) is 18.0. The van der Waals surface area contributed by atoms with Crippen LogP contribution < -0.4 is 5.32 Å². The van der Waals surface area contributed by atoms with E-state index in [1.165, 1.54) is 13.0 Å². The van der Waals surface area contributed by atoms with Gasteiger partial charge in [-0.25, -0.2) is 4.39 Å². The first-order chi connectivity index (χ1) is 15.1. The van der Waals surface area contributed by atoms with Crippen molar-refractivity contribution >= 4 is 16.6 Å². The molecule has 0 radical (unpaired) electrons. The van der Waals surface area contributed by atoms with Crippen molar-refractivity contribution in [2.75, 3.05) is 5.32 Å². The van der Waals surface area contributed by atoms with Gasteiger partial charge in [0.2, 0.25) is 0 Å². The molecule has 0 saturated heterocycles. The first-order valence-corrected chi connectivity index (χ1v) is 10.8. The number of benzene rings is 2. The smallest absolute Gasteiger partial charge is 0.396 e. The summed E-state index contributed by atoms with van der Waals surface area (Å²) in [6, 6.07) is 11.1.